The summed E-state index contributed by atoms with van der Waals surface area (Å²) in [5.41, 5.74) is 0.458. The quantitative estimate of drug-likeness (QED) is 0.244. The molecule has 2 rings (SSSR count). The number of rotatable bonds is 13. The Kier molecular flexibility index (Phi) is 11.1. The Morgan fingerprint density at radius 2 is 1.46 bits per heavy atom. The predicted octanol–water partition coefficient (Wildman–Crippen LogP) is 6.27. The zero-order valence-corrected chi connectivity index (χ0v) is 21.8. The molecule has 35 heavy (non-hydrogen) atoms. The maximum Gasteiger partial charge on any atom is 0.259 e. The van der Waals surface area contributed by atoms with Crippen LogP contribution in [0.4, 0.5) is 11.4 Å². The van der Waals surface area contributed by atoms with E-state index >= 15 is 0 Å². The van der Waals surface area contributed by atoms with Gasteiger partial charge in [-0.05, 0) is 34.6 Å². The fourth-order valence-corrected chi connectivity index (χ4v) is 3.47. The Bertz CT molecular complexity index is 1050. The van der Waals surface area contributed by atoms with Crippen LogP contribution in [0.5, 0.6) is 23.0 Å². The Morgan fingerprint density at radius 1 is 0.886 bits per heavy atom. The van der Waals surface area contributed by atoms with Gasteiger partial charge in [-0.1, -0.05) is 23.2 Å². The Hall–Kier alpha value is -3.04. The summed E-state index contributed by atoms with van der Waals surface area (Å²) in [6, 6.07) is 4.79. The second-order valence-electron chi connectivity index (χ2n) is 6.98. The van der Waals surface area contributed by atoms with Crippen LogP contribution >= 0.6 is 23.2 Å². The minimum absolute atomic E-state index is 0.221. The number of nitrogens with one attached hydrogen (secondary N) is 1. The van der Waals surface area contributed by atoms with E-state index in [1.165, 1.54) is 6.92 Å². The maximum atomic E-state index is 13.1. The lowest BCUT2D eigenvalue weighted by Crippen LogP contribution is -2.32. The third-order valence-electron chi connectivity index (χ3n) is 4.39. The molecule has 0 heterocycles. The summed E-state index contributed by atoms with van der Waals surface area (Å²) in [4.78, 5) is 25.4. The SMILES string of the molecule is CCOc1cc(Cl)c(OCC)c(N=NC(C(C)=O)C(=O)Nc2c(OCC)cc(Cl)cc2OCC)c1. The molecule has 9 nitrogen and oxygen atoms in total. The summed E-state index contributed by atoms with van der Waals surface area (Å²) in [6.45, 7) is 9.81. The number of hydrogen-bond donors (Lipinski definition) is 1. The number of azo groups is 1. The third-order valence-corrected chi connectivity index (χ3v) is 4.89. The highest BCUT2D eigenvalue weighted by molar-refractivity contribution is 6.32. The van der Waals surface area contributed by atoms with Gasteiger partial charge in [0.05, 0.1) is 31.5 Å². The first-order valence-corrected chi connectivity index (χ1v) is 11.9. The summed E-state index contributed by atoms with van der Waals surface area (Å²) in [5.74, 6) is 0.0510. The van der Waals surface area contributed by atoms with E-state index in [-0.39, 0.29) is 22.1 Å². The summed E-state index contributed by atoms with van der Waals surface area (Å²) in [6.07, 6.45) is 0. The molecule has 1 amide bonds. The summed E-state index contributed by atoms with van der Waals surface area (Å²) in [5, 5.41) is 11.4. The van der Waals surface area contributed by atoms with Gasteiger partial charge in [0, 0.05) is 29.3 Å². The van der Waals surface area contributed by atoms with Crippen molar-refractivity contribution in [2.75, 3.05) is 31.7 Å². The first kappa shape index (κ1) is 28.2. The van der Waals surface area contributed by atoms with E-state index in [0.717, 1.165) is 0 Å². The number of amides is 1. The molecule has 190 valence electrons. The van der Waals surface area contributed by atoms with Crippen LogP contribution in [-0.2, 0) is 9.59 Å². The second kappa shape index (κ2) is 13.7. The first-order chi connectivity index (χ1) is 16.7. The summed E-state index contributed by atoms with van der Waals surface area (Å²) >= 11 is 12.5. The van der Waals surface area contributed by atoms with Crippen LogP contribution in [0.15, 0.2) is 34.5 Å². The monoisotopic (exact) mass is 525 g/mol. The molecular formula is C24H29Cl2N3O6. The van der Waals surface area contributed by atoms with E-state index in [1.807, 2.05) is 6.92 Å². The van der Waals surface area contributed by atoms with Gasteiger partial charge in [-0.25, -0.2) is 0 Å². The molecule has 0 aliphatic carbocycles. The smallest absolute Gasteiger partial charge is 0.259 e. The minimum atomic E-state index is -1.46. The molecule has 2 aromatic carbocycles. The molecule has 0 aliphatic rings. The van der Waals surface area contributed by atoms with E-state index in [1.54, 1.807) is 45.0 Å². The van der Waals surface area contributed by atoms with Crippen LogP contribution in [0.3, 0.4) is 0 Å². The van der Waals surface area contributed by atoms with Gasteiger partial charge in [-0.3, -0.25) is 9.59 Å². The van der Waals surface area contributed by atoms with Crippen molar-refractivity contribution < 1.29 is 28.5 Å². The van der Waals surface area contributed by atoms with Gasteiger partial charge in [0.1, 0.15) is 28.6 Å². The molecule has 0 fully saturated rings. The normalized spacial score (nSPS) is 11.7. The number of halogens is 2. The molecule has 0 aliphatic heterocycles. The van der Waals surface area contributed by atoms with Crippen molar-refractivity contribution in [3.63, 3.8) is 0 Å². The molecule has 0 radical (unpaired) electrons. The lowest BCUT2D eigenvalue weighted by atomic mass is 10.2. The van der Waals surface area contributed by atoms with Gasteiger partial charge >= 0.3 is 0 Å². The number of carbonyl (C=O) groups excluding carboxylic acids is 2. The lowest BCUT2D eigenvalue weighted by Gasteiger charge is -2.18. The number of hydrogen-bond acceptors (Lipinski definition) is 8. The second-order valence-corrected chi connectivity index (χ2v) is 7.82. The van der Waals surface area contributed by atoms with Crippen LogP contribution in [-0.4, -0.2) is 44.2 Å². The van der Waals surface area contributed by atoms with E-state index in [2.05, 4.69) is 15.5 Å². The van der Waals surface area contributed by atoms with E-state index < -0.39 is 17.7 Å². The molecule has 0 saturated heterocycles. The zero-order chi connectivity index (χ0) is 26.0. The number of Topliss-reactive ketones (excluding diaryl/α,β-unsaturated/α-hetero) is 1. The Morgan fingerprint density at radius 3 is 1.97 bits per heavy atom. The van der Waals surface area contributed by atoms with Crippen molar-refractivity contribution >= 4 is 46.3 Å². The van der Waals surface area contributed by atoms with Gasteiger partial charge in [-0.2, -0.15) is 10.2 Å². The highest BCUT2D eigenvalue weighted by Gasteiger charge is 2.26. The van der Waals surface area contributed by atoms with Crippen molar-refractivity contribution in [2.24, 2.45) is 10.2 Å². The molecule has 0 saturated carbocycles. The van der Waals surface area contributed by atoms with Crippen molar-refractivity contribution in [3.8, 4) is 23.0 Å². The van der Waals surface area contributed by atoms with E-state index in [4.69, 9.17) is 42.1 Å². The molecular weight excluding hydrogens is 497 g/mol. The molecule has 0 bridgehead atoms. The van der Waals surface area contributed by atoms with Crippen LogP contribution in [0.2, 0.25) is 10.0 Å². The number of benzene rings is 2. The number of carbonyl (C=O) groups is 2. The maximum absolute atomic E-state index is 13.1. The molecule has 11 heteroatoms. The first-order valence-electron chi connectivity index (χ1n) is 11.2. The van der Waals surface area contributed by atoms with Crippen LogP contribution in [0.1, 0.15) is 34.6 Å². The van der Waals surface area contributed by atoms with Crippen LogP contribution in [0, 0.1) is 0 Å². The van der Waals surface area contributed by atoms with Crippen LogP contribution < -0.4 is 24.3 Å². The topological polar surface area (TPSA) is 108 Å². The largest absolute Gasteiger partial charge is 0.494 e. The molecule has 1 unspecified atom stereocenters. The molecule has 0 spiro atoms. The fraction of sp³-hybridized carbons (Fsp3) is 0.417. The van der Waals surface area contributed by atoms with Crippen molar-refractivity contribution in [1.29, 1.82) is 0 Å². The van der Waals surface area contributed by atoms with Crippen molar-refractivity contribution in [3.05, 3.63) is 34.3 Å². The minimum Gasteiger partial charge on any atom is -0.494 e. The molecule has 1 N–H and O–H groups in total. The standard InChI is InChI=1S/C24H29Cl2N3O6/c1-6-32-16-12-17(26)23(35-9-4)18(13-16)28-29-21(14(5)30)24(31)27-22-19(33-7-2)10-15(25)11-20(22)34-8-3/h10-13,21H,6-9H2,1-5H3,(H,27,31). The Balaban J connectivity index is 2.43. The highest BCUT2D eigenvalue weighted by Crippen LogP contribution is 2.40. The average Bonchev–Trinajstić information content (AvgIpc) is 2.78. The van der Waals surface area contributed by atoms with Crippen molar-refractivity contribution in [2.45, 2.75) is 40.7 Å². The molecule has 0 aromatic heterocycles. The summed E-state index contributed by atoms with van der Waals surface area (Å²) in [7, 11) is 0. The third kappa shape index (κ3) is 7.73. The number of nitrogens with zero attached hydrogens (tertiary/aromatic N) is 2. The summed E-state index contributed by atoms with van der Waals surface area (Å²) < 4.78 is 22.3. The van der Waals surface area contributed by atoms with Gasteiger partial charge in [0.25, 0.3) is 5.91 Å². The van der Waals surface area contributed by atoms with Crippen LogP contribution in [0.25, 0.3) is 0 Å². The van der Waals surface area contributed by atoms with Crippen molar-refractivity contribution in [1.82, 2.24) is 0 Å². The van der Waals surface area contributed by atoms with Gasteiger partial charge in [0.2, 0.25) is 6.04 Å². The molecule has 2 aromatic rings. The number of ether oxygens (including phenoxy) is 4. The van der Waals surface area contributed by atoms with E-state index in [9.17, 15) is 9.59 Å². The van der Waals surface area contributed by atoms with Gasteiger partial charge in [0.15, 0.2) is 11.5 Å². The highest BCUT2D eigenvalue weighted by atomic mass is 35.5. The number of anilines is 1. The Labute approximate surface area is 214 Å². The number of ketones is 1. The average molecular weight is 526 g/mol. The molecule has 1 atom stereocenters. The van der Waals surface area contributed by atoms with Gasteiger partial charge in [-0.15, -0.1) is 0 Å². The zero-order valence-electron chi connectivity index (χ0n) is 20.3. The van der Waals surface area contributed by atoms with E-state index in [0.29, 0.717) is 48.7 Å². The fourth-order valence-electron chi connectivity index (χ4n) is 3.02. The van der Waals surface area contributed by atoms with Gasteiger partial charge < -0.3 is 24.3 Å². The predicted molar refractivity (Wildman–Crippen MR) is 135 cm³/mol. The lowest BCUT2D eigenvalue weighted by molar-refractivity contribution is -0.126.